The van der Waals surface area contributed by atoms with Crippen LogP contribution in [-0.4, -0.2) is 42.2 Å². The van der Waals surface area contributed by atoms with Crippen molar-refractivity contribution < 1.29 is 9.90 Å². The minimum Gasteiger partial charge on any atom is -0.478 e. The van der Waals surface area contributed by atoms with Crippen molar-refractivity contribution in [2.24, 2.45) is 11.8 Å². The summed E-state index contributed by atoms with van der Waals surface area (Å²) in [5, 5.41) is 12.3. The van der Waals surface area contributed by atoms with Crippen LogP contribution in [0.4, 0.5) is 0 Å². The van der Waals surface area contributed by atoms with Crippen molar-refractivity contribution in [3.05, 3.63) is 35.4 Å². The zero-order valence-corrected chi connectivity index (χ0v) is 10.3. The molecule has 0 amide bonds. The van der Waals surface area contributed by atoms with E-state index in [9.17, 15) is 4.79 Å². The summed E-state index contributed by atoms with van der Waals surface area (Å²) in [5.74, 6) is 0.759. The molecule has 18 heavy (non-hydrogen) atoms. The summed E-state index contributed by atoms with van der Waals surface area (Å²) in [7, 11) is 0. The normalized spacial score (nSPS) is 27.3. The third-order valence-electron chi connectivity index (χ3n) is 4.07. The topological polar surface area (TPSA) is 52.6 Å². The van der Waals surface area contributed by atoms with E-state index in [0.29, 0.717) is 5.56 Å². The molecule has 0 spiro atoms. The molecule has 2 atom stereocenters. The van der Waals surface area contributed by atoms with Gasteiger partial charge < -0.3 is 10.4 Å². The Morgan fingerprint density at radius 2 is 1.83 bits per heavy atom. The summed E-state index contributed by atoms with van der Waals surface area (Å²) in [5.41, 5.74) is 1.56. The molecule has 0 radical (unpaired) electrons. The van der Waals surface area contributed by atoms with Gasteiger partial charge in [-0.15, -0.1) is 0 Å². The summed E-state index contributed by atoms with van der Waals surface area (Å²) in [6.45, 7) is 5.57. The lowest BCUT2D eigenvalue weighted by molar-refractivity contribution is 0.0697. The quantitative estimate of drug-likeness (QED) is 0.836. The number of aromatic carboxylic acids is 1. The number of benzene rings is 1. The zero-order valence-electron chi connectivity index (χ0n) is 10.3. The average molecular weight is 246 g/mol. The fourth-order valence-electron chi connectivity index (χ4n) is 3.09. The van der Waals surface area contributed by atoms with E-state index in [1.54, 1.807) is 12.1 Å². The Labute approximate surface area is 107 Å². The van der Waals surface area contributed by atoms with Crippen LogP contribution < -0.4 is 5.32 Å². The van der Waals surface area contributed by atoms with Gasteiger partial charge in [-0.2, -0.15) is 0 Å². The molecule has 0 bridgehead atoms. The lowest BCUT2D eigenvalue weighted by Crippen LogP contribution is -2.25. The van der Waals surface area contributed by atoms with Gasteiger partial charge in [-0.05, 0) is 42.6 Å². The number of nitrogens with zero attached hydrogens (tertiary/aromatic N) is 1. The lowest BCUT2D eigenvalue weighted by atomic mass is 10.0. The molecule has 2 N–H and O–H groups in total. The van der Waals surface area contributed by atoms with Crippen molar-refractivity contribution >= 4 is 5.97 Å². The van der Waals surface area contributed by atoms with Gasteiger partial charge in [-0.3, -0.25) is 4.90 Å². The second-order valence-corrected chi connectivity index (χ2v) is 5.37. The first-order valence-corrected chi connectivity index (χ1v) is 6.47. The van der Waals surface area contributed by atoms with Crippen molar-refractivity contribution in [3.63, 3.8) is 0 Å². The minimum absolute atomic E-state index is 0.362. The number of hydrogen-bond donors (Lipinski definition) is 2. The molecule has 2 fully saturated rings. The van der Waals surface area contributed by atoms with Crippen LogP contribution in [0.15, 0.2) is 24.3 Å². The van der Waals surface area contributed by atoms with Crippen LogP contribution in [-0.2, 0) is 6.54 Å². The molecular formula is C14H18N2O2. The highest BCUT2D eigenvalue weighted by molar-refractivity contribution is 5.87. The first-order valence-electron chi connectivity index (χ1n) is 6.47. The van der Waals surface area contributed by atoms with Gasteiger partial charge in [0.1, 0.15) is 0 Å². The third kappa shape index (κ3) is 2.26. The Kier molecular flexibility index (Phi) is 3.06. The van der Waals surface area contributed by atoms with Crippen molar-refractivity contribution in [1.29, 1.82) is 0 Å². The number of carboxylic acid groups (broad SMARTS) is 1. The maximum atomic E-state index is 10.8. The molecular weight excluding hydrogens is 228 g/mol. The Bertz CT molecular complexity index is 432. The summed E-state index contributed by atoms with van der Waals surface area (Å²) >= 11 is 0. The molecule has 0 aromatic heterocycles. The first kappa shape index (κ1) is 11.7. The van der Waals surface area contributed by atoms with E-state index in [1.165, 1.54) is 18.7 Å². The zero-order chi connectivity index (χ0) is 12.5. The standard InChI is InChI=1S/C14H18N2O2/c17-14(18)11-3-1-10(2-4-11)7-16-8-12-5-15-6-13(12)9-16/h1-4,12-13,15H,5-9H2,(H,17,18)/t12-,13+. The molecule has 2 aliphatic rings. The Balaban J connectivity index is 1.61. The molecule has 2 aliphatic heterocycles. The SMILES string of the molecule is O=C(O)c1ccc(CN2C[C@H]3CNC[C@H]3C2)cc1. The summed E-state index contributed by atoms with van der Waals surface area (Å²) < 4.78 is 0. The van der Waals surface area contributed by atoms with Crippen molar-refractivity contribution in [2.75, 3.05) is 26.2 Å². The molecule has 1 aromatic carbocycles. The number of hydrogen-bond acceptors (Lipinski definition) is 3. The van der Waals surface area contributed by atoms with Crippen LogP contribution in [0.1, 0.15) is 15.9 Å². The van der Waals surface area contributed by atoms with Crippen LogP contribution >= 0.6 is 0 Å². The maximum absolute atomic E-state index is 10.8. The molecule has 0 saturated carbocycles. The van der Waals surface area contributed by atoms with E-state index in [1.807, 2.05) is 12.1 Å². The lowest BCUT2D eigenvalue weighted by Gasteiger charge is -2.16. The highest BCUT2D eigenvalue weighted by Crippen LogP contribution is 2.27. The second kappa shape index (κ2) is 4.71. The van der Waals surface area contributed by atoms with Gasteiger partial charge in [0.25, 0.3) is 0 Å². The number of carbonyl (C=O) groups is 1. The predicted octanol–water partition coefficient (Wildman–Crippen LogP) is 1.04. The minimum atomic E-state index is -0.858. The number of rotatable bonds is 3. The molecule has 4 nitrogen and oxygen atoms in total. The monoisotopic (exact) mass is 246 g/mol. The fraction of sp³-hybridized carbons (Fsp3) is 0.500. The number of carboxylic acids is 1. The van der Waals surface area contributed by atoms with E-state index in [2.05, 4.69) is 10.2 Å². The van der Waals surface area contributed by atoms with Crippen molar-refractivity contribution in [2.45, 2.75) is 6.54 Å². The van der Waals surface area contributed by atoms with Gasteiger partial charge >= 0.3 is 5.97 Å². The highest BCUT2D eigenvalue weighted by Gasteiger charge is 2.35. The van der Waals surface area contributed by atoms with Crippen LogP contribution in [0.3, 0.4) is 0 Å². The van der Waals surface area contributed by atoms with Gasteiger partial charge in [0.05, 0.1) is 5.56 Å². The molecule has 2 heterocycles. The molecule has 4 heteroatoms. The van der Waals surface area contributed by atoms with Gasteiger partial charge in [-0.25, -0.2) is 4.79 Å². The van der Waals surface area contributed by atoms with Crippen LogP contribution in [0.25, 0.3) is 0 Å². The highest BCUT2D eigenvalue weighted by atomic mass is 16.4. The van der Waals surface area contributed by atoms with E-state index in [4.69, 9.17) is 5.11 Å². The van der Waals surface area contributed by atoms with E-state index in [0.717, 1.165) is 31.5 Å². The Morgan fingerprint density at radius 3 is 2.39 bits per heavy atom. The Hall–Kier alpha value is -1.39. The van der Waals surface area contributed by atoms with Gasteiger partial charge in [-0.1, -0.05) is 12.1 Å². The predicted molar refractivity (Wildman–Crippen MR) is 68.5 cm³/mol. The average Bonchev–Trinajstić information content (AvgIpc) is 2.90. The fourth-order valence-corrected chi connectivity index (χ4v) is 3.09. The molecule has 0 unspecified atom stereocenters. The number of nitrogens with one attached hydrogen (secondary N) is 1. The molecule has 0 aliphatic carbocycles. The first-order chi connectivity index (χ1) is 8.72. The van der Waals surface area contributed by atoms with E-state index in [-0.39, 0.29) is 0 Å². The van der Waals surface area contributed by atoms with Gasteiger partial charge in [0.2, 0.25) is 0 Å². The van der Waals surface area contributed by atoms with Crippen LogP contribution in [0.2, 0.25) is 0 Å². The van der Waals surface area contributed by atoms with Crippen LogP contribution in [0.5, 0.6) is 0 Å². The van der Waals surface area contributed by atoms with Crippen LogP contribution in [0, 0.1) is 11.8 Å². The number of likely N-dealkylation sites (tertiary alicyclic amines) is 1. The molecule has 96 valence electrons. The molecule has 2 saturated heterocycles. The maximum Gasteiger partial charge on any atom is 0.335 e. The van der Waals surface area contributed by atoms with E-state index >= 15 is 0 Å². The van der Waals surface area contributed by atoms with Gasteiger partial charge in [0.15, 0.2) is 0 Å². The van der Waals surface area contributed by atoms with Gasteiger partial charge in [0, 0.05) is 19.6 Å². The number of fused-ring (bicyclic) bond motifs is 1. The summed E-state index contributed by atoms with van der Waals surface area (Å²) in [6.07, 6.45) is 0. The smallest absolute Gasteiger partial charge is 0.335 e. The Morgan fingerprint density at radius 1 is 1.22 bits per heavy atom. The largest absolute Gasteiger partial charge is 0.478 e. The molecule has 3 rings (SSSR count). The second-order valence-electron chi connectivity index (χ2n) is 5.37. The summed E-state index contributed by atoms with van der Waals surface area (Å²) in [4.78, 5) is 13.2. The van der Waals surface area contributed by atoms with Crippen molar-refractivity contribution in [1.82, 2.24) is 10.2 Å². The molecule has 1 aromatic rings. The summed E-state index contributed by atoms with van der Waals surface area (Å²) in [6, 6.07) is 7.23. The third-order valence-corrected chi connectivity index (χ3v) is 4.07. The van der Waals surface area contributed by atoms with Crippen molar-refractivity contribution in [3.8, 4) is 0 Å². The van der Waals surface area contributed by atoms with E-state index < -0.39 is 5.97 Å².